The number of aromatic nitrogens is 5. The van der Waals surface area contributed by atoms with Crippen LogP contribution in [-0.2, 0) is 17.5 Å². The average Bonchev–Trinajstić information content (AvgIpc) is 3.28. The Labute approximate surface area is 178 Å². The number of anilines is 2. The van der Waals surface area contributed by atoms with Crippen LogP contribution in [0, 0.1) is 0 Å². The van der Waals surface area contributed by atoms with E-state index in [0.29, 0.717) is 23.4 Å². The molecule has 0 aliphatic carbocycles. The van der Waals surface area contributed by atoms with Gasteiger partial charge in [-0.15, -0.1) is 0 Å². The number of hydrogen-bond acceptors (Lipinski definition) is 8. The number of ether oxygens (including phenoxy) is 1. The minimum Gasteiger partial charge on any atom is -0.439 e. The number of benzene rings is 1. The van der Waals surface area contributed by atoms with Crippen molar-refractivity contribution in [3.8, 4) is 23.1 Å². The van der Waals surface area contributed by atoms with Crippen LogP contribution in [0.25, 0.3) is 22.6 Å². The molecule has 3 aromatic heterocycles. The first-order valence-electron chi connectivity index (χ1n) is 9.28. The van der Waals surface area contributed by atoms with E-state index in [1.54, 1.807) is 4.57 Å². The molecule has 0 saturated heterocycles. The van der Waals surface area contributed by atoms with Gasteiger partial charge in [-0.1, -0.05) is 0 Å². The number of rotatable bonds is 5. The van der Waals surface area contributed by atoms with E-state index < -0.39 is 17.6 Å². The molecule has 32 heavy (non-hydrogen) atoms. The van der Waals surface area contributed by atoms with Gasteiger partial charge >= 0.3 is 6.18 Å². The summed E-state index contributed by atoms with van der Waals surface area (Å²) >= 11 is 0. The van der Waals surface area contributed by atoms with Crippen LogP contribution in [0.1, 0.15) is 19.4 Å². The first-order valence-corrected chi connectivity index (χ1v) is 9.28. The van der Waals surface area contributed by atoms with Gasteiger partial charge in [0.2, 0.25) is 11.8 Å². The summed E-state index contributed by atoms with van der Waals surface area (Å²) in [6.07, 6.45) is -3.22. The third-order valence-electron chi connectivity index (χ3n) is 4.43. The number of imidazole rings is 1. The monoisotopic (exact) mass is 447 g/mol. The van der Waals surface area contributed by atoms with Crippen molar-refractivity contribution in [3.05, 3.63) is 36.0 Å². The minimum absolute atomic E-state index is 0.0259. The van der Waals surface area contributed by atoms with Gasteiger partial charge in [-0.2, -0.15) is 13.2 Å². The molecule has 0 spiro atoms. The fraction of sp³-hybridized carbons (Fsp3) is 0.211. The third kappa shape index (κ3) is 4.04. The number of alkyl halides is 3. The van der Waals surface area contributed by atoms with E-state index >= 15 is 0 Å². The quantitative estimate of drug-likeness (QED) is 0.471. The van der Waals surface area contributed by atoms with E-state index in [1.165, 1.54) is 25.3 Å². The summed E-state index contributed by atoms with van der Waals surface area (Å²) in [4.78, 5) is 19.9. The van der Waals surface area contributed by atoms with Crippen LogP contribution in [0.3, 0.4) is 0 Å². The van der Waals surface area contributed by atoms with Crippen LogP contribution in [-0.4, -0.2) is 30.8 Å². The molecule has 0 aliphatic rings. The zero-order chi connectivity index (χ0) is 23.0. The molecule has 0 radical (unpaired) electrons. The molecule has 3 heterocycles. The minimum atomic E-state index is -4.63. The zero-order valence-corrected chi connectivity index (χ0v) is 16.8. The largest absolute Gasteiger partial charge is 0.439 e. The van der Waals surface area contributed by atoms with Gasteiger partial charge in [0, 0.05) is 31.3 Å². The van der Waals surface area contributed by atoms with Crippen molar-refractivity contribution in [1.82, 2.24) is 24.8 Å². The Morgan fingerprint density at radius 1 is 1.25 bits per heavy atom. The van der Waals surface area contributed by atoms with Crippen molar-refractivity contribution in [3.63, 3.8) is 0 Å². The number of nitrogens with one attached hydrogen (secondary N) is 1. The lowest BCUT2D eigenvalue weighted by Gasteiger charge is -2.13. The Bertz CT molecular complexity index is 1310. The van der Waals surface area contributed by atoms with Crippen molar-refractivity contribution in [2.24, 2.45) is 0 Å². The van der Waals surface area contributed by atoms with Gasteiger partial charge in [-0.3, -0.25) is 4.79 Å². The highest BCUT2D eigenvalue weighted by Gasteiger charge is 2.31. The van der Waals surface area contributed by atoms with E-state index in [2.05, 4.69) is 30.2 Å². The van der Waals surface area contributed by atoms with Crippen molar-refractivity contribution < 1.29 is 27.3 Å². The normalized spacial score (nSPS) is 11.7. The number of aryl methyl sites for hydroxylation is 1. The highest BCUT2D eigenvalue weighted by Crippen LogP contribution is 2.36. The first kappa shape index (κ1) is 21.1. The van der Waals surface area contributed by atoms with Crippen LogP contribution < -0.4 is 15.8 Å². The summed E-state index contributed by atoms with van der Waals surface area (Å²) in [5, 5.41) is 9.63. The van der Waals surface area contributed by atoms with Gasteiger partial charge in [0.05, 0.1) is 17.3 Å². The number of carbonyl (C=O) groups is 1. The van der Waals surface area contributed by atoms with Gasteiger partial charge in [0.25, 0.3) is 0 Å². The predicted octanol–water partition coefficient (Wildman–Crippen LogP) is 3.85. The number of carbonyl (C=O) groups excluding carboxylic acids is 1. The molecular weight excluding hydrogens is 431 g/mol. The second-order valence-electron chi connectivity index (χ2n) is 6.72. The number of halogens is 3. The predicted molar refractivity (Wildman–Crippen MR) is 107 cm³/mol. The smallest absolute Gasteiger partial charge is 0.416 e. The van der Waals surface area contributed by atoms with Crippen molar-refractivity contribution >= 4 is 28.4 Å². The van der Waals surface area contributed by atoms with Crippen LogP contribution in [0.5, 0.6) is 11.6 Å². The fourth-order valence-corrected chi connectivity index (χ4v) is 3.14. The molecule has 13 heteroatoms. The Hall–Kier alpha value is -4.16. The molecule has 0 saturated carbocycles. The molecule has 10 nitrogen and oxygen atoms in total. The first-order chi connectivity index (χ1) is 15.2. The zero-order valence-electron chi connectivity index (χ0n) is 16.8. The number of nitrogens with two attached hydrogens (primary N) is 1. The van der Waals surface area contributed by atoms with Crippen molar-refractivity contribution in [2.45, 2.75) is 26.6 Å². The molecule has 0 bridgehead atoms. The Balaban J connectivity index is 1.75. The Kier molecular flexibility index (Phi) is 5.16. The molecule has 4 rings (SSSR count). The van der Waals surface area contributed by atoms with Gasteiger partial charge in [0.15, 0.2) is 17.3 Å². The topological polar surface area (TPSA) is 134 Å². The molecule has 3 N–H and O–H groups in total. The molecule has 0 aliphatic heterocycles. The second-order valence-corrected chi connectivity index (χ2v) is 6.72. The van der Waals surface area contributed by atoms with Gasteiger partial charge < -0.3 is 20.4 Å². The summed E-state index contributed by atoms with van der Waals surface area (Å²) < 4.78 is 51.8. The van der Waals surface area contributed by atoms with Gasteiger partial charge in [-0.25, -0.2) is 14.6 Å². The molecular formula is C19H16F3N7O3. The van der Waals surface area contributed by atoms with Crippen LogP contribution >= 0.6 is 0 Å². The molecule has 0 atom stereocenters. The lowest BCUT2D eigenvalue weighted by Crippen LogP contribution is -2.10. The van der Waals surface area contributed by atoms with Crippen molar-refractivity contribution in [1.29, 1.82) is 0 Å². The molecule has 0 fully saturated rings. The summed E-state index contributed by atoms with van der Waals surface area (Å²) in [6, 6.07) is 4.44. The average molecular weight is 447 g/mol. The number of pyridine rings is 1. The maximum Gasteiger partial charge on any atom is 0.416 e. The molecule has 1 amide bonds. The molecule has 166 valence electrons. The number of nitrogens with zero attached hydrogens (tertiary/aromatic N) is 5. The van der Waals surface area contributed by atoms with E-state index in [9.17, 15) is 18.0 Å². The number of hydrogen-bond donors (Lipinski definition) is 2. The summed E-state index contributed by atoms with van der Waals surface area (Å²) in [5.41, 5.74) is 6.06. The fourth-order valence-electron chi connectivity index (χ4n) is 3.14. The van der Waals surface area contributed by atoms with Gasteiger partial charge in [0.1, 0.15) is 11.3 Å². The summed E-state index contributed by atoms with van der Waals surface area (Å²) in [5.74, 6) is -0.182. The number of nitrogen functional groups attached to an aromatic ring is 1. The summed E-state index contributed by atoms with van der Waals surface area (Å²) in [6.45, 7) is 3.52. The van der Waals surface area contributed by atoms with Crippen LogP contribution in [0.2, 0.25) is 0 Å². The Morgan fingerprint density at radius 3 is 2.66 bits per heavy atom. The van der Waals surface area contributed by atoms with E-state index in [1.807, 2.05) is 6.92 Å². The molecule has 4 aromatic rings. The number of amides is 1. The van der Waals surface area contributed by atoms with E-state index in [4.69, 9.17) is 10.5 Å². The highest BCUT2D eigenvalue weighted by atomic mass is 19.4. The number of fused-ring (bicyclic) bond motifs is 1. The van der Waals surface area contributed by atoms with Crippen molar-refractivity contribution in [2.75, 3.05) is 11.1 Å². The van der Waals surface area contributed by atoms with Crippen LogP contribution in [0.15, 0.2) is 35.1 Å². The lowest BCUT2D eigenvalue weighted by atomic mass is 10.1. The second kappa shape index (κ2) is 7.83. The third-order valence-corrected chi connectivity index (χ3v) is 4.43. The highest BCUT2D eigenvalue weighted by molar-refractivity contribution is 5.89. The maximum absolute atomic E-state index is 13.3. The summed E-state index contributed by atoms with van der Waals surface area (Å²) in [7, 11) is 0. The van der Waals surface area contributed by atoms with E-state index in [0.717, 1.165) is 12.1 Å². The standard InChI is InChI=1S/C19H16F3N7O3/c1-3-29-14-7-15(24-8-13(14)26-18(29)16-17(23)28-32-27-16)31-12-5-10(19(20,21)22)4-11(6-12)25-9(2)30/h4-8H,3H2,1-2H3,(H2,23,28)(H,25,30). The van der Waals surface area contributed by atoms with Gasteiger partial charge in [-0.05, 0) is 29.4 Å². The Morgan fingerprint density at radius 2 is 2.03 bits per heavy atom. The molecule has 1 aromatic carbocycles. The van der Waals surface area contributed by atoms with E-state index in [-0.39, 0.29) is 28.8 Å². The maximum atomic E-state index is 13.3. The van der Waals surface area contributed by atoms with Crippen LogP contribution in [0.4, 0.5) is 24.7 Å². The lowest BCUT2D eigenvalue weighted by molar-refractivity contribution is -0.137. The SMILES string of the molecule is CCn1c(-c2nonc2N)nc2cnc(Oc3cc(NC(C)=O)cc(C(F)(F)F)c3)cc21. The molecule has 0 unspecified atom stereocenters.